The number of carbonyl (C=O) groups excluding carboxylic acids is 5. The number of aromatic nitrogens is 1. The Morgan fingerprint density at radius 1 is 1.16 bits per heavy atom. The van der Waals surface area contributed by atoms with Crippen molar-refractivity contribution in [3.63, 3.8) is 0 Å². The second-order valence-corrected chi connectivity index (χ2v) is 11.5. The Kier molecular flexibility index (Phi) is 6.57. The second kappa shape index (κ2) is 9.25. The van der Waals surface area contributed by atoms with Crippen LogP contribution in [0.25, 0.3) is 0 Å². The summed E-state index contributed by atoms with van der Waals surface area (Å²) < 4.78 is -0.819. The summed E-state index contributed by atoms with van der Waals surface area (Å²) in [7, 11) is 0. The van der Waals surface area contributed by atoms with Crippen molar-refractivity contribution in [2.24, 2.45) is 0 Å². The molecule has 2 fully saturated rings. The molecule has 196 valence electrons. The molecule has 2 aliphatic rings. The molecule has 12 heteroatoms. The molecular weight excluding hydrogens is 500 g/mol. The number of nitrogens with zero attached hydrogens (tertiary/aromatic N) is 1. The highest BCUT2D eigenvalue weighted by Crippen LogP contribution is 2.50. The lowest BCUT2D eigenvalue weighted by molar-refractivity contribution is -0.312. The number of thioether (sulfide) groups is 1. The van der Waals surface area contributed by atoms with E-state index in [2.05, 4.69) is 15.6 Å². The molecule has 0 radical (unpaired) electrons. The number of carboxylic acid groups (broad SMARTS) is 1. The highest BCUT2D eigenvalue weighted by molar-refractivity contribution is 8.01. The number of aliphatic carboxylic acids is 1. The van der Waals surface area contributed by atoms with Crippen molar-refractivity contribution < 1.29 is 34.2 Å². The van der Waals surface area contributed by atoms with Gasteiger partial charge >= 0.3 is 0 Å². The molecule has 0 bridgehead atoms. The zero-order chi connectivity index (χ0) is 27.4. The number of rotatable bonds is 7. The third kappa shape index (κ3) is 4.45. The van der Waals surface area contributed by atoms with E-state index in [9.17, 15) is 34.2 Å². The van der Waals surface area contributed by atoms with Gasteiger partial charge in [-0.15, -0.1) is 11.8 Å². The van der Waals surface area contributed by atoms with E-state index in [0.717, 1.165) is 0 Å². The van der Waals surface area contributed by atoms with Crippen LogP contribution in [-0.4, -0.2) is 66.7 Å². The number of aryl methyl sites for hydroxylation is 1. The third-order valence-corrected chi connectivity index (χ3v) is 8.31. The Morgan fingerprint density at radius 3 is 2.32 bits per heavy atom. The van der Waals surface area contributed by atoms with E-state index in [0.29, 0.717) is 22.4 Å². The lowest BCUT2D eigenvalue weighted by atomic mass is 9.95. The third-order valence-electron chi connectivity index (χ3n) is 6.74. The van der Waals surface area contributed by atoms with E-state index in [1.807, 2.05) is 0 Å². The number of amides is 3. The number of carbonyl (C=O) groups is 5. The summed E-state index contributed by atoms with van der Waals surface area (Å²) in [6.07, 6.45) is 0. The number of H-pyrrole nitrogens is 1. The van der Waals surface area contributed by atoms with Crippen molar-refractivity contribution in [3.8, 4) is 5.75 Å². The van der Waals surface area contributed by atoms with Gasteiger partial charge in [-0.25, -0.2) is 0 Å². The number of fused-ring (bicyclic) bond motifs is 1. The monoisotopic (exact) mass is 527 g/mol. The zero-order valence-corrected chi connectivity index (χ0v) is 21.7. The molecule has 11 nitrogen and oxygen atoms in total. The molecule has 0 aliphatic carbocycles. The SMILES string of the molecule is CC(=O)c1c(C)[nH]c(C(=O)NC(C(=O)N[C@@H]2C(=O)N3[C@@H]2SC(C)(C)[C@@H]3C(=O)[O-])c2ccc(O)cc2)c1C. The van der Waals surface area contributed by atoms with Crippen molar-refractivity contribution >= 4 is 41.2 Å². The molecule has 1 aromatic heterocycles. The Hall–Kier alpha value is -3.80. The lowest BCUT2D eigenvalue weighted by Crippen LogP contribution is -2.72. The highest BCUT2D eigenvalue weighted by atomic mass is 32.2. The van der Waals surface area contributed by atoms with Gasteiger partial charge in [0.25, 0.3) is 5.91 Å². The maximum absolute atomic E-state index is 13.4. The molecule has 2 aromatic rings. The first kappa shape index (κ1) is 26.3. The summed E-state index contributed by atoms with van der Waals surface area (Å²) in [4.78, 5) is 67.2. The summed E-state index contributed by atoms with van der Waals surface area (Å²) in [5, 5.41) is 26.0. The fourth-order valence-electron chi connectivity index (χ4n) is 5.04. The number of β-lactam (4-membered cyclic amide) rings is 1. The van der Waals surface area contributed by atoms with Crippen LogP contribution in [0.15, 0.2) is 24.3 Å². The van der Waals surface area contributed by atoms with Crippen LogP contribution in [0.4, 0.5) is 0 Å². The van der Waals surface area contributed by atoms with E-state index in [1.165, 1.54) is 47.9 Å². The average Bonchev–Trinajstić information content (AvgIpc) is 3.26. The Bertz CT molecular complexity index is 1320. The molecular formula is C25H27N4O7S-. The summed E-state index contributed by atoms with van der Waals surface area (Å²) in [5.41, 5.74) is 1.81. The molecule has 4 atom stereocenters. The summed E-state index contributed by atoms with van der Waals surface area (Å²) in [6.45, 7) is 8.07. The molecule has 4 N–H and O–H groups in total. The average molecular weight is 528 g/mol. The van der Waals surface area contributed by atoms with Gasteiger partial charge in [0.1, 0.15) is 28.9 Å². The number of ketones is 1. The van der Waals surface area contributed by atoms with Crippen LogP contribution in [0.2, 0.25) is 0 Å². The maximum atomic E-state index is 13.4. The van der Waals surface area contributed by atoms with Crippen molar-refractivity contribution in [2.45, 2.75) is 62.9 Å². The van der Waals surface area contributed by atoms with Gasteiger partial charge in [0, 0.05) is 16.0 Å². The normalized spacial score (nSPS) is 22.6. The van der Waals surface area contributed by atoms with Crippen molar-refractivity contribution in [2.75, 3.05) is 0 Å². The van der Waals surface area contributed by atoms with Crippen LogP contribution in [0.3, 0.4) is 0 Å². The van der Waals surface area contributed by atoms with Crippen LogP contribution in [0, 0.1) is 13.8 Å². The number of aromatic hydroxyl groups is 1. The van der Waals surface area contributed by atoms with Gasteiger partial charge in [-0.2, -0.15) is 0 Å². The van der Waals surface area contributed by atoms with E-state index in [1.54, 1.807) is 27.7 Å². The van der Waals surface area contributed by atoms with Crippen LogP contribution in [-0.2, 0) is 14.4 Å². The van der Waals surface area contributed by atoms with Crippen molar-refractivity contribution in [3.05, 3.63) is 52.3 Å². The molecule has 3 amide bonds. The molecule has 1 aromatic carbocycles. The second-order valence-electron chi connectivity index (χ2n) is 9.74. The minimum absolute atomic E-state index is 0.0427. The predicted molar refractivity (Wildman–Crippen MR) is 132 cm³/mol. The minimum atomic E-state index is -1.37. The first-order valence-corrected chi connectivity index (χ1v) is 12.4. The fourth-order valence-corrected chi connectivity index (χ4v) is 6.66. The number of hydrogen-bond donors (Lipinski definition) is 4. The highest BCUT2D eigenvalue weighted by Gasteiger charge is 2.62. The zero-order valence-electron chi connectivity index (χ0n) is 20.9. The fraction of sp³-hybridized carbons (Fsp3) is 0.400. The van der Waals surface area contributed by atoms with E-state index in [4.69, 9.17) is 0 Å². The quantitative estimate of drug-likeness (QED) is 0.294. The summed E-state index contributed by atoms with van der Waals surface area (Å²) >= 11 is 1.25. The smallest absolute Gasteiger partial charge is 0.268 e. The first-order valence-electron chi connectivity index (χ1n) is 11.6. The Morgan fingerprint density at radius 2 is 1.78 bits per heavy atom. The molecule has 1 unspecified atom stereocenters. The molecule has 0 saturated carbocycles. The van der Waals surface area contributed by atoms with Gasteiger partial charge in [0.2, 0.25) is 11.8 Å². The Balaban J connectivity index is 1.59. The van der Waals surface area contributed by atoms with Gasteiger partial charge in [0.15, 0.2) is 5.78 Å². The van der Waals surface area contributed by atoms with Crippen LogP contribution in [0.1, 0.15) is 64.5 Å². The lowest BCUT2D eigenvalue weighted by Gasteiger charge is -2.45. The number of Topliss-reactive ketones (excluding diaryl/α,β-unsaturated/α-hetero) is 1. The van der Waals surface area contributed by atoms with Crippen LogP contribution < -0.4 is 15.7 Å². The molecule has 2 saturated heterocycles. The minimum Gasteiger partial charge on any atom is -0.548 e. The molecule has 0 spiro atoms. The van der Waals surface area contributed by atoms with Crippen molar-refractivity contribution in [1.29, 1.82) is 0 Å². The van der Waals surface area contributed by atoms with Crippen molar-refractivity contribution in [1.82, 2.24) is 20.5 Å². The predicted octanol–water partition coefficient (Wildman–Crippen LogP) is 0.308. The molecule has 37 heavy (non-hydrogen) atoms. The number of phenols is 1. The Labute approximate surface area is 217 Å². The number of aromatic amines is 1. The number of carboxylic acids is 1. The van der Waals surface area contributed by atoms with E-state index < -0.39 is 51.9 Å². The molecule has 3 heterocycles. The van der Waals surface area contributed by atoms with Gasteiger partial charge in [-0.3, -0.25) is 19.2 Å². The van der Waals surface area contributed by atoms with E-state index in [-0.39, 0.29) is 17.2 Å². The standard InChI is InChI=1S/C25H28N4O7S/c1-10-15(12(3)30)11(2)26-16(10)20(32)27-17(13-6-8-14(31)9-7-13)21(33)28-18-22(34)29-19(24(35)36)25(4,5)37-23(18)29/h6-9,17-19,23,26,31H,1-5H3,(H,27,32)(H,28,33)(H,35,36)/p-1/t17?,18-,19+,23-/m1/s1. The van der Waals surface area contributed by atoms with Gasteiger partial charge in [-0.1, -0.05) is 12.1 Å². The van der Waals surface area contributed by atoms with E-state index >= 15 is 0 Å². The topological polar surface area (TPSA) is 172 Å². The van der Waals surface area contributed by atoms with Gasteiger partial charge < -0.3 is 35.5 Å². The number of nitrogens with one attached hydrogen (secondary N) is 3. The van der Waals surface area contributed by atoms with Crippen LogP contribution in [0.5, 0.6) is 5.75 Å². The molecule has 2 aliphatic heterocycles. The largest absolute Gasteiger partial charge is 0.548 e. The summed E-state index contributed by atoms with van der Waals surface area (Å²) in [6, 6.07) is 2.26. The van der Waals surface area contributed by atoms with Gasteiger partial charge in [0.05, 0.1) is 12.0 Å². The summed E-state index contributed by atoms with van der Waals surface area (Å²) in [5.74, 6) is -3.51. The van der Waals surface area contributed by atoms with Gasteiger partial charge in [-0.05, 0) is 57.9 Å². The molecule has 4 rings (SSSR count). The number of hydrogen-bond acceptors (Lipinski definition) is 8. The first-order chi connectivity index (χ1) is 17.2. The van der Waals surface area contributed by atoms with Crippen LogP contribution >= 0.6 is 11.8 Å². The number of phenolic OH excluding ortho intramolecular Hbond substituents is 1. The maximum Gasteiger partial charge on any atom is 0.268 e. The number of benzene rings is 1.